The van der Waals surface area contributed by atoms with Crippen molar-refractivity contribution in [2.24, 2.45) is 5.92 Å². The average molecular weight is 363 g/mol. The molecule has 9 heteroatoms. The molecular weight excluding hydrogens is 342 g/mol. The van der Waals surface area contributed by atoms with Crippen molar-refractivity contribution < 1.29 is 26.7 Å². The lowest BCUT2D eigenvalue weighted by atomic mass is 10.1. The summed E-state index contributed by atoms with van der Waals surface area (Å²) < 4.78 is 50.2. The third-order valence-corrected chi connectivity index (χ3v) is 5.90. The fraction of sp³-hybridized carbons (Fsp3) is 0.500. The van der Waals surface area contributed by atoms with Crippen molar-refractivity contribution in [2.75, 3.05) is 6.26 Å². The highest BCUT2D eigenvalue weighted by molar-refractivity contribution is 7.91. The summed E-state index contributed by atoms with van der Waals surface area (Å²) in [6.07, 6.45) is 1.10. The number of nitrogens with one attached hydrogen (secondary N) is 1. The number of sulfonamides is 1. The number of benzene rings is 1. The summed E-state index contributed by atoms with van der Waals surface area (Å²) in [6, 6.07) is 2.46. The van der Waals surface area contributed by atoms with Gasteiger partial charge in [-0.15, -0.1) is 0 Å². The van der Waals surface area contributed by atoms with E-state index in [0.29, 0.717) is 5.56 Å². The molecule has 0 fully saturated rings. The first kappa shape index (κ1) is 19.6. The van der Waals surface area contributed by atoms with E-state index in [-0.39, 0.29) is 22.1 Å². The number of carboxylic acids is 1. The molecule has 0 aliphatic heterocycles. The minimum absolute atomic E-state index is 0.0257. The van der Waals surface area contributed by atoms with Gasteiger partial charge in [-0.05, 0) is 37.0 Å². The monoisotopic (exact) mass is 363 g/mol. The highest BCUT2D eigenvalue weighted by Gasteiger charge is 2.27. The Kier molecular flexibility index (Phi) is 5.95. The molecule has 0 unspecified atom stereocenters. The van der Waals surface area contributed by atoms with Crippen LogP contribution in [0.4, 0.5) is 0 Å². The second-order valence-electron chi connectivity index (χ2n) is 5.84. The van der Waals surface area contributed by atoms with Crippen LogP contribution in [0.1, 0.15) is 25.8 Å². The van der Waals surface area contributed by atoms with Gasteiger partial charge in [-0.25, -0.2) is 16.8 Å². The van der Waals surface area contributed by atoms with Crippen molar-refractivity contribution in [2.45, 2.75) is 43.0 Å². The Morgan fingerprint density at radius 3 is 2.22 bits per heavy atom. The Bertz CT molecular complexity index is 797. The quantitative estimate of drug-likeness (QED) is 0.751. The lowest BCUT2D eigenvalue weighted by Gasteiger charge is -2.17. The van der Waals surface area contributed by atoms with Crippen LogP contribution in [0.25, 0.3) is 0 Å². The largest absolute Gasteiger partial charge is 0.480 e. The van der Waals surface area contributed by atoms with Gasteiger partial charge in [-0.3, -0.25) is 4.79 Å². The Hall–Kier alpha value is -1.45. The molecule has 0 bridgehead atoms. The van der Waals surface area contributed by atoms with E-state index in [0.717, 1.165) is 12.3 Å². The van der Waals surface area contributed by atoms with Crippen molar-refractivity contribution in [1.29, 1.82) is 0 Å². The normalized spacial score (nSPS) is 14.0. The summed E-state index contributed by atoms with van der Waals surface area (Å²) in [6.45, 7) is 5.07. The molecule has 1 rings (SSSR count). The van der Waals surface area contributed by atoms with Crippen molar-refractivity contribution in [3.8, 4) is 0 Å². The van der Waals surface area contributed by atoms with Crippen molar-refractivity contribution in [1.82, 2.24) is 4.72 Å². The summed E-state index contributed by atoms with van der Waals surface area (Å²) in [5.74, 6) is -1.30. The summed E-state index contributed by atoms with van der Waals surface area (Å²) >= 11 is 0. The highest BCUT2D eigenvalue weighted by Crippen LogP contribution is 2.21. The summed E-state index contributed by atoms with van der Waals surface area (Å²) in [5.41, 5.74) is 0.332. The second-order valence-corrected chi connectivity index (χ2v) is 9.54. The fourth-order valence-electron chi connectivity index (χ4n) is 2.02. The van der Waals surface area contributed by atoms with E-state index in [1.807, 2.05) is 0 Å². The van der Waals surface area contributed by atoms with Crippen LogP contribution in [0, 0.1) is 12.8 Å². The maximum absolute atomic E-state index is 12.5. The molecule has 0 heterocycles. The Morgan fingerprint density at radius 2 is 1.78 bits per heavy atom. The van der Waals surface area contributed by atoms with Gasteiger partial charge in [0.2, 0.25) is 10.0 Å². The molecule has 1 aromatic carbocycles. The first-order chi connectivity index (χ1) is 10.3. The number of carbonyl (C=O) groups is 1. The molecule has 0 saturated heterocycles. The van der Waals surface area contributed by atoms with E-state index < -0.39 is 31.9 Å². The van der Waals surface area contributed by atoms with Crippen LogP contribution in [0.3, 0.4) is 0 Å². The van der Waals surface area contributed by atoms with Gasteiger partial charge < -0.3 is 5.11 Å². The molecule has 130 valence electrons. The molecule has 1 aromatic rings. The lowest BCUT2D eigenvalue weighted by Crippen LogP contribution is -2.41. The molecule has 0 aliphatic rings. The van der Waals surface area contributed by atoms with Crippen LogP contribution >= 0.6 is 0 Å². The summed E-state index contributed by atoms with van der Waals surface area (Å²) in [4.78, 5) is 10.9. The standard InChI is InChI=1S/C14H21NO6S2/c1-9(2)7-12(14(16)17)15-23(20,21)13-8-11(22(4,18)19)6-5-10(13)3/h5-6,8-9,12,15H,7H2,1-4H3,(H,16,17)/t12-/m0/s1. The zero-order valence-corrected chi connectivity index (χ0v) is 15.0. The predicted molar refractivity (Wildman–Crippen MR) is 85.5 cm³/mol. The summed E-state index contributed by atoms with van der Waals surface area (Å²) in [5, 5.41) is 9.16. The van der Waals surface area contributed by atoms with Crippen molar-refractivity contribution in [3.05, 3.63) is 23.8 Å². The lowest BCUT2D eigenvalue weighted by molar-refractivity contribution is -0.139. The van der Waals surface area contributed by atoms with E-state index in [2.05, 4.69) is 4.72 Å². The maximum Gasteiger partial charge on any atom is 0.321 e. The van der Waals surface area contributed by atoms with Crippen LogP contribution in [0.15, 0.2) is 28.0 Å². The van der Waals surface area contributed by atoms with E-state index in [4.69, 9.17) is 5.11 Å². The molecule has 2 N–H and O–H groups in total. The first-order valence-corrected chi connectivity index (χ1v) is 10.3. The zero-order valence-electron chi connectivity index (χ0n) is 13.4. The SMILES string of the molecule is Cc1ccc(S(C)(=O)=O)cc1S(=O)(=O)N[C@@H](CC(C)C)C(=O)O. The van der Waals surface area contributed by atoms with Gasteiger partial charge in [-0.1, -0.05) is 19.9 Å². The highest BCUT2D eigenvalue weighted by atomic mass is 32.2. The van der Waals surface area contributed by atoms with Crippen LogP contribution in [0.5, 0.6) is 0 Å². The van der Waals surface area contributed by atoms with Gasteiger partial charge in [0.1, 0.15) is 6.04 Å². The number of carboxylic acid groups (broad SMARTS) is 1. The van der Waals surface area contributed by atoms with Gasteiger partial charge in [-0.2, -0.15) is 4.72 Å². The maximum atomic E-state index is 12.5. The molecule has 1 atom stereocenters. The van der Waals surface area contributed by atoms with Gasteiger partial charge in [0.15, 0.2) is 9.84 Å². The molecule has 7 nitrogen and oxygen atoms in total. The number of sulfone groups is 1. The summed E-state index contributed by atoms with van der Waals surface area (Å²) in [7, 11) is -7.73. The van der Waals surface area contributed by atoms with Gasteiger partial charge in [0, 0.05) is 6.26 Å². The zero-order chi connectivity index (χ0) is 18.0. The molecule has 0 amide bonds. The molecule has 0 saturated carbocycles. The van der Waals surface area contributed by atoms with Crippen LogP contribution in [-0.2, 0) is 24.7 Å². The predicted octanol–water partition coefficient (Wildman–Crippen LogP) is 1.18. The van der Waals surface area contributed by atoms with Gasteiger partial charge >= 0.3 is 5.97 Å². The van der Waals surface area contributed by atoms with Crippen LogP contribution < -0.4 is 4.72 Å². The third-order valence-electron chi connectivity index (χ3n) is 3.18. The van der Waals surface area contributed by atoms with Crippen molar-refractivity contribution >= 4 is 25.8 Å². The van der Waals surface area contributed by atoms with Crippen LogP contribution in [0.2, 0.25) is 0 Å². The second kappa shape index (κ2) is 6.98. The number of hydrogen-bond donors (Lipinski definition) is 2. The molecule has 23 heavy (non-hydrogen) atoms. The van der Waals surface area contributed by atoms with Gasteiger partial charge in [0.25, 0.3) is 0 Å². The molecule has 0 radical (unpaired) electrons. The fourth-order valence-corrected chi connectivity index (χ4v) is 4.22. The number of aliphatic carboxylic acids is 1. The first-order valence-electron chi connectivity index (χ1n) is 6.90. The number of hydrogen-bond acceptors (Lipinski definition) is 5. The van der Waals surface area contributed by atoms with E-state index in [1.165, 1.54) is 19.1 Å². The van der Waals surface area contributed by atoms with E-state index in [9.17, 15) is 21.6 Å². The number of rotatable bonds is 7. The molecule has 0 aliphatic carbocycles. The minimum atomic E-state index is -4.16. The average Bonchev–Trinajstić information content (AvgIpc) is 2.35. The Labute approximate surface area is 136 Å². The topological polar surface area (TPSA) is 118 Å². The molecular formula is C14H21NO6S2. The number of aryl methyl sites for hydroxylation is 1. The Morgan fingerprint density at radius 1 is 1.22 bits per heavy atom. The van der Waals surface area contributed by atoms with Gasteiger partial charge in [0.05, 0.1) is 9.79 Å². The minimum Gasteiger partial charge on any atom is -0.480 e. The van der Waals surface area contributed by atoms with E-state index >= 15 is 0 Å². The Balaban J connectivity index is 3.30. The van der Waals surface area contributed by atoms with Crippen LogP contribution in [-0.4, -0.2) is 40.2 Å². The smallest absolute Gasteiger partial charge is 0.321 e. The molecule has 0 aromatic heterocycles. The van der Waals surface area contributed by atoms with E-state index in [1.54, 1.807) is 13.8 Å². The van der Waals surface area contributed by atoms with Crippen molar-refractivity contribution in [3.63, 3.8) is 0 Å². The third kappa shape index (κ3) is 5.29. The molecule has 0 spiro atoms.